The quantitative estimate of drug-likeness (QED) is 0.529. The van der Waals surface area contributed by atoms with Crippen LogP contribution in [0.5, 0.6) is 0 Å². The van der Waals surface area contributed by atoms with E-state index >= 15 is 0 Å². The Balaban J connectivity index is 1.68. The van der Waals surface area contributed by atoms with E-state index in [-0.39, 0.29) is 17.2 Å². The highest BCUT2D eigenvalue weighted by molar-refractivity contribution is 9.10. The van der Waals surface area contributed by atoms with Crippen LogP contribution < -0.4 is 10.9 Å². The average molecular weight is 390 g/mol. The van der Waals surface area contributed by atoms with E-state index < -0.39 is 0 Å². The van der Waals surface area contributed by atoms with Crippen molar-refractivity contribution >= 4 is 50.2 Å². The smallest absolute Gasteiger partial charge is 0.259 e. The van der Waals surface area contributed by atoms with E-state index in [1.165, 1.54) is 11.8 Å². The van der Waals surface area contributed by atoms with Crippen LogP contribution in [0.1, 0.15) is 0 Å². The van der Waals surface area contributed by atoms with E-state index in [9.17, 15) is 9.59 Å². The number of benzene rings is 2. The molecule has 2 aromatic carbocycles. The standard InChI is InChI=1S/C16H12BrN3O2S/c17-10-4-3-5-11(8-10)18-14(21)9-23-16-19-13-7-2-1-6-12(13)15(22)20-16/h1-8H,9H2,(H,18,21)(H,19,20,22). The van der Waals surface area contributed by atoms with E-state index in [2.05, 4.69) is 31.2 Å². The Bertz CT molecular complexity index is 926. The number of para-hydroxylation sites is 1. The molecule has 3 aromatic rings. The number of thioether (sulfide) groups is 1. The van der Waals surface area contributed by atoms with Crippen molar-refractivity contribution in [3.8, 4) is 0 Å². The second-order valence-electron chi connectivity index (χ2n) is 4.74. The largest absolute Gasteiger partial charge is 0.325 e. The molecule has 0 saturated carbocycles. The SMILES string of the molecule is O=C(CSc1nc2ccccc2c(=O)[nH]1)Nc1cccc(Br)c1. The molecule has 0 aliphatic heterocycles. The predicted molar refractivity (Wildman–Crippen MR) is 95.9 cm³/mol. The number of amides is 1. The molecule has 7 heteroatoms. The number of aromatic nitrogens is 2. The van der Waals surface area contributed by atoms with Crippen LogP contribution in [0.15, 0.2) is 63.0 Å². The molecule has 1 aromatic heterocycles. The lowest BCUT2D eigenvalue weighted by Gasteiger charge is -2.05. The highest BCUT2D eigenvalue weighted by Gasteiger charge is 2.07. The first-order valence-electron chi connectivity index (χ1n) is 6.79. The fourth-order valence-electron chi connectivity index (χ4n) is 2.03. The second kappa shape index (κ2) is 6.97. The van der Waals surface area contributed by atoms with Crippen molar-refractivity contribution in [2.75, 3.05) is 11.1 Å². The summed E-state index contributed by atoms with van der Waals surface area (Å²) in [6, 6.07) is 14.5. The molecule has 3 rings (SSSR count). The maximum absolute atomic E-state index is 12.0. The summed E-state index contributed by atoms with van der Waals surface area (Å²) >= 11 is 4.54. The number of nitrogens with zero attached hydrogens (tertiary/aromatic N) is 1. The number of carbonyl (C=O) groups is 1. The molecular formula is C16H12BrN3O2S. The lowest BCUT2D eigenvalue weighted by Crippen LogP contribution is -2.15. The molecule has 0 spiro atoms. The van der Waals surface area contributed by atoms with Gasteiger partial charge in [-0.1, -0.05) is 45.9 Å². The summed E-state index contributed by atoms with van der Waals surface area (Å²) in [6.45, 7) is 0. The Morgan fingerprint density at radius 1 is 1.22 bits per heavy atom. The number of H-pyrrole nitrogens is 1. The molecule has 0 saturated heterocycles. The van der Waals surface area contributed by atoms with Crippen molar-refractivity contribution < 1.29 is 4.79 Å². The van der Waals surface area contributed by atoms with Gasteiger partial charge in [-0.3, -0.25) is 9.59 Å². The number of nitrogens with one attached hydrogen (secondary N) is 2. The molecule has 0 aliphatic rings. The third-order valence-electron chi connectivity index (χ3n) is 3.04. The Labute approximate surface area is 144 Å². The van der Waals surface area contributed by atoms with Gasteiger partial charge in [0.05, 0.1) is 16.7 Å². The summed E-state index contributed by atoms with van der Waals surface area (Å²) < 4.78 is 0.892. The van der Waals surface area contributed by atoms with Gasteiger partial charge in [0.15, 0.2) is 5.16 Å². The first-order valence-corrected chi connectivity index (χ1v) is 8.57. The van der Waals surface area contributed by atoms with E-state index in [0.717, 1.165) is 4.47 Å². The Morgan fingerprint density at radius 2 is 2.04 bits per heavy atom. The van der Waals surface area contributed by atoms with Gasteiger partial charge in [-0.2, -0.15) is 0 Å². The number of hydrogen-bond donors (Lipinski definition) is 2. The molecule has 23 heavy (non-hydrogen) atoms. The summed E-state index contributed by atoms with van der Waals surface area (Å²) in [4.78, 5) is 31.0. The van der Waals surface area contributed by atoms with Gasteiger partial charge in [-0.05, 0) is 30.3 Å². The minimum atomic E-state index is -0.203. The molecule has 5 nitrogen and oxygen atoms in total. The monoisotopic (exact) mass is 389 g/mol. The molecule has 0 unspecified atom stereocenters. The second-order valence-corrected chi connectivity index (χ2v) is 6.62. The highest BCUT2D eigenvalue weighted by atomic mass is 79.9. The van der Waals surface area contributed by atoms with Crippen molar-refractivity contribution in [1.29, 1.82) is 0 Å². The van der Waals surface area contributed by atoms with E-state index in [1.54, 1.807) is 18.2 Å². The van der Waals surface area contributed by atoms with Crippen LogP contribution in [0.25, 0.3) is 10.9 Å². The predicted octanol–water partition coefficient (Wildman–Crippen LogP) is 3.42. The van der Waals surface area contributed by atoms with Gasteiger partial charge in [0.2, 0.25) is 5.91 Å². The zero-order valence-corrected chi connectivity index (χ0v) is 14.3. The summed E-state index contributed by atoms with van der Waals surface area (Å²) in [5, 5.41) is 3.76. The van der Waals surface area contributed by atoms with E-state index in [1.807, 2.05) is 30.3 Å². The van der Waals surface area contributed by atoms with Crippen LogP contribution in [0.3, 0.4) is 0 Å². The van der Waals surface area contributed by atoms with E-state index in [0.29, 0.717) is 21.7 Å². The van der Waals surface area contributed by atoms with Gasteiger partial charge in [0.25, 0.3) is 5.56 Å². The molecule has 0 aliphatic carbocycles. The normalized spacial score (nSPS) is 10.7. The molecule has 2 N–H and O–H groups in total. The lowest BCUT2D eigenvalue weighted by atomic mass is 10.2. The summed E-state index contributed by atoms with van der Waals surface area (Å²) in [6.07, 6.45) is 0. The lowest BCUT2D eigenvalue weighted by molar-refractivity contribution is -0.113. The van der Waals surface area contributed by atoms with Crippen molar-refractivity contribution in [3.63, 3.8) is 0 Å². The molecule has 116 valence electrons. The van der Waals surface area contributed by atoms with Crippen molar-refractivity contribution in [2.24, 2.45) is 0 Å². The maximum atomic E-state index is 12.0. The number of aromatic amines is 1. The maximum Gasteiger partial charge on any atom is 0.259 e. The van der Waals surface area contributed by atoms with Crippen LogP contribution in [0.2, 0.25) is 0 Å². The molecule has 0 radical (unpaired) electrons. The molecule has 1 heterocycles. The van der Waals surface area contributed by atoms with Crippen LogP contribution in [-0.4, -0.2) is 21.6 Å². The van der Waals surface area contributed by atoms with E-state index in [4.69, 9.17) is 0 Å². The molecule has 0 bridgehead atoms. The zero-order valence-electron chi connectivity index (χ0n) is 11.9. The molecule has 0 fully saturated rings. The highest BCUT2D eigenvalue weighted by Crippen LogP contribution is 2.18. The third-order valence-corrected chi connectivity index (χ3v) is 4.41. The Morgan fingerprint density at radius 3 is 2.87 bits per heavy atom. The number of rotatable bonds is 4. The number of hydrogen-bond acceptors (Lipinski definition) is 4. The van der Waals surface area contributed by atoms with Gasteiger partial charge in [-0.15, -0.1) is 0 Å². The zero-order chi connectivity index (χ0) is 16.2. The Kier molecular flexibility index (Phi) is 4.78. The van der Waals surface area contributed by atoms with Crippen molar-refractivity contribution in [1.82, 2.24) is 9.97 Å². The van der Waals surface area contributed by atoms with Crippen LogP contribution in [0, 0.1) is 0 Å². The summed E-state index contributed by atoms with van der Waals surface area (Å²) in [7, 11) is 0. The molecule has 1 amide bonds. The fraction of sp³-hybridized carbons (Fsp3) is 0.0625. The van der Waals surface area contributed by atoms with Crippen LogP contribution in [-0.2, 0) is 4.79 Å². The van der Waals surface area contributed by atoms with Gasteiger partial charge < -0.3 is 10.3 Å². The topological polar surface area (TPSA) is 74.8 Å². The first-order chi connectivity index (χ1) is 11.1. The first kappa shape index (κ1) is 15.8. The van der Waals surface area contributed by atoms with Crippen molar-refractivity contribution in [2.45, 2.75) is 5.16 Å². The van der Waals surface area contributed by atoms with Gasteiger partial charge in [0.1, 0.15) is 0 Å². The number of carbonyl (C=O) groups excluding carboxylic acids is 1. The summed E-state index contributed by atoms with van der Waals surface area (Å²) in [5.41, 5.74) is 1.13. The minimum absolute atomic E-state index is 0.161. The van der Waals surface area contributed by atoms with Crippen molar-refractivity contribution in [3.05, 3.63) is 63.4 Å². The van der Waals surface area contributed by atoms with Gasteiger partial charge in [0, 0.05) is 10.2 Å². The minimum Gasteiger partial charge on any atom is -0.325 e. The van der Waals surface area contributed by atoms with Gasteiger partial charge in [-0.25, -0.2) is 4.98 Å². The van der Waals surface area contributed by atoms with Crippen LogP contribution >= 0.6 is 27.7 Å². The number of fused-ring (bicyclic) bond motifs is 1. The summed E-state index contributed by atoms with van der Waals surface area (Å²) in [5.74, 6) is -0.00254. The number of halogens is 1. The number of anilines is 1. The molecular weight excluding hydrogens is 378 g/mol. The third kappa shape index (κ3) is 4.00. The van der Waals surface area contributed by atoms with Gasteiger partial charge >= 0.3 is 0 Å². The fourth-order valence-corrected chi connectivity index (χ4v) is 3.10. The average Bonchev–Trinajstić information content (AvgIpc) is 2.53. The molecule has 0 atom stereocenters. The van der Waals surface area contributed by atoms with Crippen LogP contribution in [0.4, 0.5) is 5.69 Å². The Hall–Kier alpha value is -2.12.